The van der Waals surface area contributed by atoms with Gasteiger partial charge < -0.3 is 19.4 Å². The molecule has 0 radical (unpaired) electrons. The van der Waals surface area contributed by atoms with Gasteiger partial charge in [-0.15, -0.1) is 22.1 Å². The molecule has 61 heavy (non-hydrogen) atoms. The molecule has 0 saturated carbocycles. The Labute approximate surface area is 371 Å². The molecular weight excluding hydrogens is 802 g/mol. The predicted octanol–water partition coefficient (Wildman–Crippen LogP) is 13.2. The van der Waals surface area contributed by atoms with Crippen molar-refractivity contribution in [1.29, 1.82) is 0 Å². The summed E-state index contributed by atoms with van der Waals surface area (Å²) < 4.78 is 12.5. The molecule has 9 rings (SSSR count). The summed E-state index contributed by atoms with van der Waals surface area (Å²) in [5, 5.41) is 0. The molecule has 2 aliphatic rings. The van der Waals surface area contributed by atoms with Gasteiger partial charge in [0, 0.05) is 11.1 Å². The number of aromatic nitrogens is 4. The van der Waals surface area contributed by atoms with Gasteiger partial charge in [-0.25, -0.2) is 9.97 Å². The summed E-state index contributed by atoms with van der Waals surface area (Å²) in [5.74, 6) is 1.45. The number of fused-ring (bicyclic) bond motifs is 8. The number of nitrogens with zero attached hydrogens (tertiary/aromatic N) is 4. The summed E-state index contributed by atoms with van der Waals surface area (Å²) in [6, 6.07) is 42.0. The van der Waals surface area contributed by atoms with Crippen LogP contribution in [0.4, 0.5) is 0 Å². The number of hydrogen-bond acceptors (Lipinski definition) is 4. The zero-order chi connectivity index (χ0) is 41.8. The fourth-order valence-corrected chi connectivity index (χ4v) is 8.60. The molecule has 4 aromatic carbocycles. The first-order valence-corrected chi connectivity index (χ1v) is 20.5. The summed E-state index contributed by atoms with van der Waals surface area (Å²) in [6.45, 7) is 13.3. The standard InChI is InChI=1S/C54H48N4O2.Zn/c1-53(2,3)37-32-36(50(54(4,5)6)52(60-8)51(37)59-7)49-44-30-28-42(57-44)47(34-20-14-10-15-21-34)40-26-24-38(55-40)46(33-18-12-9-13-19-33)39-25-27-41(56-39)48(35-22-16-11-17-23-35)43-29-31-45(49)58-43;/h9-32H,1-8H3;/q-2;+2. The van der Waals surface area contributed by atoms with Crippen molar-refractivity contribution in [2.45, 2.75) is 52.4 Å². The second-order valence-corrected chi connectivity index (χ2v) is 17.4. The minimum atomic E-state index is -0.363. The Hall–Kier alpha value is -6.30. The van der Waals surface area contributed by atoms with E-state index in [1.807, 2.05) is 18.2 Å². The van der Waals surface area contributed by atoms with Crippen LogP contribution in [0, 0.1) is 0 Å². The third-order valence-electron chi connectivity index (χ3n) is 11.3. The van der Waals surface area contributed by atoms with Crippen LogP contribution >= 0.6 is 0 Å². The van der Waals surface area contributed by atoms with E-state index in [1.165, 1.54) is 0 Å². The van der Waals surface area contributed by atoms with E-state index in [2.05, 4.69) is 169 Å². The fourth-order valence-electron chi connectivity index (χ4n) is 8.60. The van der Waals surface area contributed by atoms with Crippen LogP contribution < -0.4 is 19.4 Å². The van der Waals surface area contributed by atoms with Gasteiger partial charge in [-0.05, 0) is 85.7 Å². The molecule has 0 N–H and O–H groups in total. The molecule has 0 amide bonds. The van der Waals surface area contributed by atoms with E-state index < -0.39 is 0 Å². The molecule has 0 fully saturated rings. The summed E-state index contributed by atoms with van der Waals surface area (Å²) >= 11 is 0. The molecule has 298 valence electrons. The number of hydrogen-bond donors (Lipinski definition) is 0. The summed E-state index contributed by atoms with van der Waals surface area (Å²) in [5.41, 5.74) is 15.8. The van der Waals surface area contributed by atoms with Crippen LogP contribution in [0.5, 0.6) is 11.5 Å². The van der Waals surface area contributed by atoms with Crippen molar-refractivity contribution in [3.05, 3.63) is 155 Å². The molecule has 2 aliphatic heterocycles. The molecule has 7 heteroatoms. The van der Waals surface area contributed by atoms with Crippen LogP contribution in [-0.4, -0.2) is 24.2 Å². The first-order chi connectivity index (χ1) is 28.9. The van der Waals surface area contributed by atoms with Crippen molar-refractivity contribution in [3.8, 4) is 56.0 Å². The van der Waals surface area contributed by atoms with Gasteiger partial charge in [0.05, 0.1) is 37.0 Å². The molecule has 5 heterocycles. The zero-order valence-electron chi connectivity index (χ0n) is 36.2. The Balaban J connectivity index is 0.00000514. The van der Waals surface area contributed by atoms with E-state index >= 15 is 0 Å². The monoisotopic (exact) mass is 848 g/mol. The molecule has 0 aliphatic carbocycles. The van der Waals surface area contributed by atoms with Crippen LogP contribution in [0.15, 0.2) is 121 Å². The third-order valence-corrected chi connectivity index (χ3v) is 11.3. The normalized spacial score (nSPS) is 12.3. The molecule has 0 unspecified atom stereocenters. The second kappa shape index (κ2) is 16.3. The van der Waals surface area contributed by atoms with E-state index in [0.717, 1.165) is 106 Å². The summed E-state index contributed by atoms with van der Waals surface area (Å²) in [7, 11) is 3.46. The number of benzene rings is 4. The van der Waals surface area contributed by atoms with Gasteiger partial charge in [-0.1, -0.05) is 157 Å². The van der Waals surface area contributed by atoms with Crippen LogP contribution in [-0.2, 0) is 30.3 Å². The topological polar surface area (TPSA) is 72.4 Å². The fraction of sp³-hybridized carbons (Fsp3) is 0.185. The van der Waals surface area contributed by atoms with Crippen LogP contribution in [0.25, 0.3) is 90.9 Å². The maximum absolute atomic E-state index is 6.34. The SMILES string of the molecule is COc1c(C(C)(C)C)cc(-c2c3nc(c(-c4ccccc4)c4ccc([n-]4)c(-c4ccccc4)c4nc(c(-c5ccccc5)c5ccc2[n-]5)C=C4)C=C3)c(C(C)(C)C)c1OC.[Zn+2]. The van der Waals surface area contributed by atoms with E-state index in [1.54, 1.807) is 14.2 Å². The minimum Gasteiger partial charge on any atom is -0.657 e. The number of ether oxygens (including phenoxy) is 2. The van der Waals surface area contributed by atoms with Gasteiger partial charge >= 0.3 is 19.5 Å². The maximum Gasteiger partial charge on any atom is 2.00 e. The van der Waals surface area contributed by atoms with Crippen molar-refractivity contribution in [2.75, 3.05) is 14.2 Å². The smallest absolute Gasteiger partial charge is 0.657 e. The summed E-state index contributed by atoms with van der Waals surface area (Å²) in [4.78, 5) is 21.9. The first-order valence-electron chi connectivity index (χ1n) is 20.5. The van der Waals surface area contributed by atoms with Crippen LogP contribution in [0.3, 0.4) is 0 Å². The maximum atomic E-state index is 6.34. The molecule has 6 nitrogen and oxygen atoms in total. The minimum absolute atomic E-state index is 0. The van der Waals surface area contributed by atoms with E-state index in [-0.39, 0.29) is 30.3 Å². The predicted molar refractivity (Wildman–Crippen MR) is 249 cm³/mol. The quantitative estimate of drug-likeness (QED) is 0.155. The Bertz CT molecular complexity index is 2960. The molecule has 7 aromatic rings. The average molecular weight is 850 g/mol. The third kappa shape index (κ3) is 7.57. The van der Waals surface area contributed by atoms with Gasteiger partial charge in [0.1, 0.15) is 0 Å². The van der Waals surface area contributed by atoms with Gasteiger partial charge in [0.25, 0.3) is 0 Å². The van der Waals surface area contributed by atoms with E-state index in [0.29, 0.717) is 5.75 Å². The number of methoxy groups -OCH3 is 2. The van der Waals surface area contributed by atoms with Gasteiger partial charge in [-0.3, -0.25) is 0 Å². The van der Waals surface area contributed by atoms with Crippen molar-refractivity contribution in [2.24, 2.45) is 0 Å². The molecular formula is C54H48N4O2Zn. The van der Waals surface area contributed by atoms with Crippen molar-refractivity contribution >= 4 is 46.4 Å². The van der Waals surface area contributed by atoms with E-state index in [9.17, 15) is 0 Å². The van der Waals surface area contributed by atoms with E-state index in [4.69, 9.17) is 29.4 Å². The van der Waals surface area contributed by atoms with Gasteiger partial charge in [-0.2, -0.15) is 0 Å². The molecule has 3 aromatic heterocycles. The Morgan fingerprint density at radius 3 is 1.10 bits per heavy atom. The van der Waals surface area contributed by atoms with Crippen LogP contribution in [0.1, 0.15) is 75.4 Å². The van der Waals surface area contributed by atoms with Crippen LogP contribution in [0.2, 0.25) is 0 Å². The first kappa shape index (κ1) is 41.4. The summed E-state index contributed by atoms with van der Waals surface area (Å²) in [6.07, 6.45) is 8.45. The molecule has 0 spiro atoms. The van der Waals surface area contributed by atoms with Gasteiger partial charge in [0.15, 0.2) is 11.5 Å². The molecule has 0 atom stereocenters. The Morgan fingerprint density at radius 1 is 0.426 bits per heavy atom. The van der Waals surface area contributed by atoms with Crippen molar-refractivity contribution in [3.63, 3.8) is 0 Å². The Kier molecular flexibility index (Phi) is 11.1. The zero-order valence-corrected chi connectivity index (χ0v) is 39.1. The Morgan fingerprint density at radius 2 is 0.770 bits per heavy atom. The van der Waals surface area contributed by atoms with Crippen molar-refractivity contribution < 1.29 is 29.0 Å². The second-order valence-electron chi connectivity index (χ2n) is 17.4. The van der Waals surface area contributed by atoms with Crippen molar-refractivity contribution in [1.82, 2.24) is 19.9 Å². The molecule has 8 bridgehead atoms. The number of rotatable bonds is 6. The average Bonchev–Trinajstić information content (AvgIpc) is 4.09. The molecule has 0 saturated heterocycles. The largest absolute Gasteiger partial charge is 2.00 e. The van der Waals surface area contributed by atoms with Gasteiger partial charge in [0.2, 0.25) is 0 Å².